The minimum Gasteiger partial charge on any atom is -0.339 e. The van der Waals surface area contributed by atoms with Gasteiger partial charge in [0.1, 0.15) is 12.5 Å². The van der Waals surface area contributed by atoms with Crippen LogP contribution in [0.15, 0.2) is 72.6 Å². The van der Waals surface area contributed by atoms with E-state index in [1.54, 1.807) is 6.33 Å². The van der Waals surface area contributed by atoms with Gasteiger partial charge in [-0.2, -0.15) is 5.10 Å². The molecular weight excluding hydrogens is 386 g/mol. The Morgan fingerprint density at radius 1 is 1.16 bits per heavy atom. The molecule has 5 heterocycles. The van der Waals surface area contributed by atoms with E-state index in [0.717, 1.165) is 36.3 Å². The van der Waals surface area contributed by atoms with Crippen molar-refractivity contribution in [3.8, 4) is 11.4 Å². The first kappa shape index (κ1) is 18.2. The molecule has 3 atom stereocenters. The van der Waals surface area contributed by atoms with E-state index in [0.29, 0.717) is 5.92 Å². The number of rotatable bonds is 0. The molecule has 7 heteroatoms. The van der Waals surface area contributed by atoms with E-state index >= 15 is 0 Å². The number of hydrogen-bond acceptors (Lipinski definition) is 6. The second-order valence-electron chi connectivity index (χ2n) is 8.52. The molecule has 0 saturated heterocycles. The third kappa shape index (κ3) is 2.76. The highest BCUT2D eigenvalue weighted by molar-refractivity contribution is 5.67. The first-order valence-electron chi connectivity index (χ1n) is 10.7. The maximum atomic E-state index is 4.70. The largest absolute Gasteiger partial charge is 0.339 e. The van der Waals surface area contributed by atoms with Crippen LogP contribution in [0.4, 0.5) is 5.69 Å². The molecule has 0 radical (unpaired) electrons. The maximum absolute atomic E-state index is 4.70. The van der Waals surface area contributed by atoms with Crippen LogP contribution in [-0.2, 0) is 6.42 Å². The van der Waals surface area contributed by atoms with Gasteiger partial charge in [-0.05, 0) is 48.1 Å². The van der Waals surface area contributed by atoms with E-state index in [9.17, 15) is 0 Å². The lowest BCUT2D eigenvalue weighted by Crippen LogP contribution is -2.50. The van der Waals surface area contributed by atoms with Crippen LogP contribution in [0.25, 0.3) is 11.4 Å². The molecule has 0 fully saturated rings. The molecule has 0 amide bonds. The van der Waals surface area contributed by atoms with Crippen molar-refractivity contribution in [1.82, 2.24) is 19.9 Å². The number of likely N-dealkylation sites (N-methyl/N-ethyl adjacent to an activating group) is 1. The molecule has 0 bridgehead atoms. The zero-order valence-electron chi connectivity index (χ0n) is 17.5. The third-order valence-electron chi connectivity index (χ3n) is 6.77. The number of fused-ring (bicyclic) bond motifs is 9. The Morgan fingerprint density at radius 3 is 3.00 bits per heavy atom. The van der Waals surface area contributed by atoms with Gasteiger partial charge in [-0.15, -0.1) is 0 Å². The van der Waals surface area contributed by atoms with Crippen molar-refractivity contribution in [1.29, 1.82) is 0 Å². The molecule has 0 aliphatic carbocycles. The van der Waals surface area contributed by atoms with Gasteiger partial charge in [0, 0.05) is 19.2 Å². The number of aromatic nitrogens is 4. The molecule has 2 aromatic heterocycles. The highest BCUT2D eigenvalue weighted by Gasteiger charge is 2.41. The van der Waals surface area contributed by atoms with Crippen molar-refractivity contribution < 1.29 is 4.57 Å². The van der Waals surface area contributed by atoms with E-state index in [2.05, 4.69) is 73.4 Å². The highest BCUT2D eigenvalue weighted by atomic mass is 15.6. The van der Waals surface area contributed by atoms with Crippen LogP contribution in [0.5, 0.6) is 0 Å². The molecule has 3 aromatic rings. The summed E-state index contributed by atoms with van der Waals surface area (Å²) in [4.78, 5) is 15.6. The number of nitrogens with zero attached hydrogens (tertiary/aromatic N) is 7. The Hall–Kier alpha value is -3.61. The van der Waals surface area contributed by atoms with E-state index in [1.807, 2.05) is 25.1 Å². The SMILES string of the molecule is C=C1CC2c3ccccc3-c3ncnc[n+]3C2CCc2ccncc2N2N=CN(C)C12. The standard InChI is InChI=1S/C24H24N7/c1-16-11-20-18-5-3-4-6-19(18)23-27-13-26-14-30(23)21(20)8-7-17-9-10-25-12-22(17)31-24(16)29(2)15-28-31/h3-6,9-10,12-15,20-21,24H,1,7-8,11H2,2H3/q+1. The topological polar surface area (TPSA) is 61.4 Å². The molecule has 0 N–H and O–H groups in total. The Balaban J connectivity index is 1.52. The Morgan fingerprint density at radius 2 is 2.06 bits per heavy atom. The number of hydrogen-bond donors (Lipinski definition) is 0. The van der Waals surface area contributed by atoms with Gasteiger partial charge in [0.2, 0.25) is 6.33 Å². The smallest absolute Gasteiger partial charge is 0.273 e. The van der Waals surface area contributed by atoms with Crippen LogP contribution < -0.4 is 9.58 Å². The molecule has 1 aromatic carbocycles. The predicted octanol–water partition coefficient (Wildman–Crippen LogP) is 3.08. The molecule has 154 valence electrons. The van der Waals surface area contributed by atoms with Gasteiger partial charge in [0.15, 0.2) is 0 Å². The van der Waals surface area contributed by atoms with Gasteiger partial charge < -0.3 is 4.90 Å². The number of aryl methyl sites for hydroxylation is 1. The summed E-state index contributed by atoms with van der Waals surface area (Å²) in [7, 11) is 2.06. The first-order chi connectivity index (χ1) is 15.2. The minimum absolute atomic E-state index is 0.0210. The molecule has 0 saturated carbocycles. The summed E-state index contributed by atoms with van der Waals surface area (Å²) in [6.45, 7) is 4.55. The van der Waals surface area contributed by atoms with Crippen LogP contribution in [0, 0.1) is 0 Å². The Bertz CT molecular complexity index is 1200. The molecule has 6 rings (SSSR count). The Labute approximate surface area is 181 Å². The van der Waals surface area contributed by atoms with Gasteiger partial charge in [0.25, 0.3) is 12.2 Å². The lowest BCUT2D eigenvalue weighted by molar-refractivity contribution is -0.724. The van der Waals surface area contributed by atoms with E-state index < -0.39 is 0 Å². The molecule has 3 unspecified atom stereocenters. The second-order valence-corrected chi connectivity index (χ2v) is 8.52. The quantitative estimate of drug-likeness (QED) is 0.421. The fraction of sp³-hybridized carbons (Fsp3) is 0.292. The van der Waals surface area contributed by atoms with Crippen LogP contribution in [0.1, 0.15) is 35.9 Å². The van der Waals surface area contributed by atoms with E-state index in [-0.39, 0.29) is 12.2 Å². The van der Waals surface area contributed by atoms with Crippen LogP contribution >= 0.6 is 0 Å². The highest BCUT2D eigenvalue weighted by Crippen LogP contribution is 2.44. The van der Waals surface area contributed by atoms with E-state index in [4.69, 9.17) is 5.10 Å². The summed E-state index contributed by atoms with van der Waals surface area (Å²) in [5.41, 5.74) is 5.98. The van der Waals surface area contributed by atoms with Gasteiger partial charge in [-0.25, -0.2) is 9.58 Å². The monoisotopic (exact) mass is 410 g/mol. The molecular formula is C24H24N7+. The second kappa shape index (κ2) is 6.97. The van der Waals surface area contributed by atoms with Gasteiger partial charge in [0.05, 0.1) is 23.5 Å². The summed E-state index contributed by atoms with van der Waals surface area (Å²) in [6.07, 6.45) is 12.0. The summed E-state index contributed by atoms with van der Waals surface area (Å²) < 4.78 is 2.27. The number of hydrazone groups is 1. The number of anilines is 1. The fourth-order valence-corrected chi connectivity index (χ4v) is 5.39. The Kier molecular flexibility index (Phi) is 4.09. The molecule has 3 aliphatic heterocycles. The van der Waals surface area contributed by atoms with Crippen molar-refractivity contribution in [3.63, 3.8) is 0 Å². The lowest BCUT2D eigenvalue weighted by Gasteiger charge is -2.38. The van der Waals surface area contributed by atoms with Gasteiger partial charge in [-0.3, -0.25) is 4.98 Å². The third-order valence-corrected chi connectivity index (χ3v) is 6.77. The molecule has 3 aliphatic rings. The van der Waals surface area contributed by atoms with Gasteiger partial charge in [-0.1, -0.05) is 34.7 Å². The predicted molar refractivity (Wildman–Crippen MR) is 118 cm³/mol. The zero-order chi connectivity index (χ0) is 20.9. The van der Waals surface area contributed by atoms with Crippen molar-refractivity contribution in [2.75, 3.05) is 12.1 Å². The molecule has 0 spiro atoms. The van der Waals surface area contributed by atoms with E-state index in [1.165, 1.54) is 16.7 Å². The normalized spacial score (nSPS) is 24.0. The minimum atomic E-state index is -0.0210. The van der Waals surface area contributed by atoms with Crippen LogP contribution in [0.2, 0.25) is 0 Å². The fourth-order valence-electron chi connectivity index (χ4n) is 5.39. The van der Waals surface area contributed by atoms with Crippen molar-refractivity contribution in [3.05, 3.63) is 78.7 Å². The van der Waals surface area contributed by atoms with Crippen molar-refractivity contribution in [2.24, 2.45) is 5.10 Å². The van der Waals surface area contributed by atoms with Crippen LogP contribution in [0.3, 0.4) is 0 Å². The van der Waals surface area contributed by atoms with Gasteiger partial charge >= 0.3 is 0 Å². The average molecular weight is 411 g/mol. The number of benzene rings is 1. The zero-order valence-corrected chi connectivity index (χ0v) is 17.5. The van der Waals surface area contributed by atoms with Crippen molar-refractivity contribution >= 4 is 12.0 Å². The van der Waals surface area contributed by atoms with Crippen LogP contribution in [-0.4, -0.2) is 39.4 Å². The summed E-state index contributed by atoms with van der Waals surface area (Å²) >= 11 is 0. The molecule has 7 nitrogen and oxygen atoms in total. The molecule has 31 heavy (non-hydrogen) atoms. The number of pyridine rings is 1. The summed E-state index contributed by atoms with van der Waals surface area (Å²) in [5.74, 6) is 1.29. The summed E-state index contributed by atoms with van der Waals surface area (Å²) in [6, 6.07) is 11.0. The maximum Gasteiger partial charge on any atom is 0.273 e. The summed E-state index contributed by atoms with van der Waals surface area (Å²) in [5, 5.41) is 6.77. The lowest BCUT2D eigenvalue weighted by atomic mass is 9.77. The van der Waals surface area contributed by atoms with Crippen molar-refractivity contribution in [2.45, 2.75) is 37.4 Å². The average Bonchev–Trinajstić information content (AvgIpc) is 3.20. The first-order valence-corrected chi connectivity index (χ1v) is 10.7.